The minimum Gasteiger partial charge on any atom is -0.457 e. The van der Waals surface area contributed by atoms with Crippen molar-refractivity contribution in [3.8, 4) is 11.5 Å². The molecule has 1 atom stereocenters. The quantitative estimate of drug-likeness (QED) is 0.823. The molecule has 0 fully saturated rings. The van der Waals surface area contributed by atoms with Gasteiger partial charge in [-0.3, -0.25) is 0 Å². The molecular weight excluding hydrogens is 314 g/mol. The number of nitrogens with one attached hydrogen (secondary N) is 1. The van der Waals surface area contributed by atoms with Crippen molar-refractivity contribution in [3.63, 3.8) is 0 Å². The smallest absolute Gasteiger partial charge is 0.132 e. The summed E-state index contributed by atoms with van der Waals surface area (Å²) >= 11 is 3.52. The van der Waals surface area contributed by atoms with Crippen LogP contribution in [0, 0.1) is 0 Å². The van der Waals surface area contributed by atoms with Crippen LogP contribution in [0.4, 0.5) is 0 Å². The molecule has 0 saturated heterocycles. The molecule has 1 N–H and O–H groups in total. The highest BCUT2D eigenvalue weighted by molar-refractivity contribution is 9.10. The first kappa shape index (κ1) is 15.1. The Labute approximate surface area is 129 Å². The summed E-state index contributed by atoms with van der Waals surface area (Å²) in [7, 11) is 1.95. The van der Waals surface area contributed by atoms with Crippen LogP contribution in [0.25, 0.3) is 0 Å². The molecule has 3 heteroatoms. The summed E-state index contributed by atoms with van der Waals surface area (Å²) in [6.45, 7) is 4.27. The lowest BCUT2D eigenvalue weighted by Crippen LogP contribution is -2.13. The van der Waals surface area contributed by atoms with Crippen LogP contribution < -0.4 is 10.1 Å². The van der Waals surface area contributed by atoms with Crippen molar-refractivity contribution < 1.29 is 4.74 Å². The minimum atomic E-state index is 0.233. The lowest BCUT2D eigenvalue weighted by Gasteiger charge is -2.17. The van der Waals surface area contributed by atoms with Gasteiger partial charge in [0.1, 0.15) is 11.5 Å². The van der Waals surface area contributed by atoms with Gasteiger partial charge in [-0.25, -0.2) is 0 Å². The molecule has 1 unspecified atom stereocenters. The van der Waals surface area contributed by atoms with Gasteiger partial charge in [0.2, 0.25) is 0 Å². The van der Waals surface area contributed by atoms with E-state index in [0.29, 0.717) is 0 Å². The second-order valence-corrected chi connectivity index (χ2v) is 5.71. The summed E-state index contributed by atoms with van der Waals surface area (Å²) in [5, 5.41) is 3.26. The van der Waals surface area contributed by atoms with Crippen LogP contribution in [0.3, 0.4) is 0 Å². The maximum absolute atomic E-state index is 6.07. The van der Waals surface area contributed by atoms with Crippen molar-refractivity contribution in [3.05, 3.63) is 58.1 Å². The number of benzene rings is 2. The van der Waals surface area contributed by atoms with Crippen LogP contribution in [0.1, 0.15) is 31.0 Å². The van der Waals surface area contributed by atoms with Gasteiger partial charge in [-0.05, 0) is 56.3 Å². The number of hydrogen-bond acceptors (Lipinski definition) is 2. The van der Waals surface area contributed by atoms with E-state index in [2.05, 4.69) is 53.3 Å². The Kier molecular flexibility index (Phi) is 5.21. The second kappa shape index (κ2) is 6.91. The summed E-state index contributed by atoms with van der Waals surface area (Å²) in [5.74, 6) is 1.78. The minimum absolute atomic E-state index is 0.233. The number of rotatable bonds is 5. The highest BCUT2D eigenvalue weighted by Crippen LogP contribution is 2.32. The third-order valence-electron chi connectivity index (χ3n) is 3.41. The lowest BCUT2D eigenvalue weighted by atomic mass is 10.1. The Morgan fingerprint density at radius 3 is 2.70 bits per heavy atom. The molecule has 20 heavy (non-hydrogen) atoms. The Bertz CT molecular complexity index is 583. The average Bonchev–Trinajstić information content (AvgIpc) is 2.48. The molecule has 0 aliphatic rings. The van der Waals surface area contributed by atoms with E-state index >= 15 is 0 Å². The van der Waals surface area contributed by atoms with E-state index < -0.39 is 0 Å². The molecule has 0 heterocycles. The first-order valence-corrected chi connectivity index (χ1v) is 7.66. The maximum Gasteiger partial charge on any atom is 0.132 e. The normalized spacial score (nSPS) is 12.2. The number of hydrogen-bond donors (Lipinski definition) is 1. The summed E-state index contributed by atoms with van der Waals surface area (Å²) < 4.78 is 7.13. The molecule has 0 spiro atoms. The number of halogens is 1. The van der Waals surface area contributed by atoms with E-state index in [1.54, 1.807) is 0 Å². The molecule has 2 rings (SSSR count). The van der Waals surface area contributed by atoms with Crippen LogP contribution in [0.15, 0.2) is 46.9 Å². The molecule has 0 bridgehead atoms. The van der Waals surface area contributed by atoms with Crippen molar-refractivity contribution in [2.75, 3.05) is 7.05 Å². The zero-order valence-electron chi connectivity index (χ0n) is 12.1. The van der Waals surface area contributed by atoms with E-state index in [1.807, 2.05) is 31.3 Å². The summed E-state index contributed by atoms with van der Waals surface area (Å²) in [4.78, 5) is 0. The van der Waals surface area contributed by atoms with Crippen molar-refractivity contribution in [2.45, 2.75) is 26.3 Å². The maximum atomic E-state index is 6.07. The number of ether oxygens (including phenoxy) is 1. The van der Waals surface area contributed by atoms with Gasteiger partial charge >= 0.3 is 0 Å². The molecule has 2 aromatic rings. The van der Waals surface area contributed by atoms with E-state index in [4.69, 9.17) is 4.74 Å². The Morgan fingerprint density at radius 1 is 1.20 bits per heavy atom. The van der Waals surface area contributed by atoms with Gasteiger partial charge in [0.15, 0.2) is 0 Å². The average molecular weight is 334 g/mol. The first-order valence-electron chi connectivity index (χ1n) is 6.87. The summed E-state index contributed by atoms with van der Waals surface area (Å²) in [6.07, 6.45) is 1.01. The Hall–Kier alpha value is -1.32. The van der Waals surface area contributed by atoms with Crippen molar-refractivity contribution in [2.24, 2.45) is 0 Å². The Morgan fingerprint density at radius 2 is 2.00 bits per heavy atom. The van der Waals surface area contributed by atoms with E-state index in [1.165, 1.54) is 5.56 Å². The molecule has 0 radical (unpaired) electrons. The van der Waals surface area contributed by atoms with Gasteiger partial charge in [0.25, 0.3) is 0 Å². The largest absolute Gasteiger partial charge is 0.457 e. The highest BCUT2D eigenvalue weighted by atomic mass is 79.9. The second-order valence-electron chi connectivity index (χ2n) is 4.80. The fraction of sp³-hybridized carbons (Fsp3) is 0.294. The SMILES string of the molecule is CCc1cccc(Oc2ccc(Br)cc2C(C)NC)c1. The molecule has 0 aromatic heterocycles. The van der Waals surface area contributed by atoms with Crippen molar-refractivity contribution in [1.29, 1.82) is 0 Å². The summed E-state index contributed by atoms with van der Waals surface area (Å²) in [6, 6.07) is 14.6. The van der Waals surface area contributed by atoms with Crippen LogP contribution in [0.2, 0.25) is 0 Å². The fourth-order valence-electron chi connectivity index (χ4n) is 2.06. The molecule has 0 saturated carbocycles. The molecule has 106 valence electrons. The molecule has 2 nitrogen and oxygen atoms in total. The van der Waals surface area contributed by atoms with Crippen molar-refractivity contribution >= 4 is 15.9 Å². The Balaban J connectivity index is 2.32. The molecular formula is C17H20BrNO. The zero-order chi connectivity index (χ0) is 14.5. The van der Waals surface area contributed by atoms with Gasteiger partial charge in [-0.2, -0.15) is 0 Å². The van der Waals surface area contributed by atoms with E-state index in [0.717, 1.165) is 28.0 Å². The van der Waals surface area contributed by atoms with E-state index in [9.17, 15) is 0 Å². The van der Waals surface area contributed by atoms with Crippen LogP contribution in [-0.2, 0) is 6.42 Å². The molecule has 0 aliphatic carbocycles. The van der Waals surface area contributed by atoms with Crippen molar-refractivity contribution in [1.82, 2.24) is 5.32 Å². The van der Waals surface area contributed by atoms with Gasteiger partial charge < -0.3 is 10.1 Å². The molecule has 2 aromatic carbocycles. The predicted octanol–water partition coefficient (Wildman–Crippen LogP) is 5.08. The number of aryl methyl sites for hydroxylation is 1. The van der Waals surface area contributed by atoms with Gasteiger partial charge in [0, 0.05) is 16.1 Å². The lowest BCUT2D eigenvalue weighted by molar-refractivity contribution is 0.465. The third kappa shape index (κ3) is 3.62. The monoisotopic (exact) mass is 333 g/mol. The zero-order valence-corrected chi connectivity index (χ0v) is 13.7. The third-order valence-corrected chi connectivity index (χ3v) is 3.90. The van der Waals surface area contributed by atoms with Gasteiger partial charge in [0.05, 0.1) is 0 Å². The standard InChI is InChI=1S/C17H20BrNO/c1-4-13-6-5-7-15(10-13)20-17-9-8-14(18)11-16(17)12(2)19-3/h5-12,19H,4H2,1-3H3. The molecule has 0 aliphatic heterocycles. The van der Waals surface area contributed by atoms with Crippen LogP contribution in [0.5, 0.6) is 11.5 Å². The summed E-state index contributed by atoms with van der Waals surface area (Å²) in [5.41, 5.74) is 2.42. The van der Waals surface area contributed by atoms with Crippen LogP contribution >= 0.6 is 15.9 Å². The molecule has 0 amide bonds. The topological polar surface area (TPSA) is 21.3 Å². The predicted molar refractivity (Wildman–Crippen MR) is 87.5 cm³/mol. The van der Waals surface area contributed by atoms with E-state index in [-0.39, 0.29) is 6.04 Å². The highest BCUT2D eigenvalue weighted by Gasteiger charge is 2.11. The fourth-order valence-corrected chi connectivity index (χ4v) is 2.44. The van der Waals surface area contributed by atoms with Gasteiger partial charge in [-0.15, -0.1) is 0 Å². The first-order chi connectivity index (χ1) is 9.63. The van der Waals surface area contributed by atoms with Gasteiger partial charge in [-0.1, -0.05) is 35.0 Å². The van der Waals surface area contributed by atoms with Crippen LogP contribution in [-0.4, -0.2) is 7.05 Å².